The van der Waals surface area contributed by atoms with Crippen molar-refractivity contribution in [2.45, 2.75) is 43.4 Å². The number of amides is 2. The van der Waals surface area contributed by atoms with Crippen LogP contribution in [-0.4, -0.2) is 57.1 Å². The van der Waals surface area contributed by atoms with Gasteiger partial charge in [0.15, 0.2) is 0 Å². The van der Waals surface area contributed by atoms with E-state index in [-0.39, 0.29) is 16.8 Å². The van der Waals surface area contributed by atoms with Crippen molar-refractivity contribution in [3.63, 3.8) is 0 Å². The minimum atomic E-state index is -3.88. The molecule has 31 heavy (non-hydrogen) atoms. The molecule has 4 rings (SSSR count). The summed E-state index contributed by atoms with van der Waals surface area (Å²) in [4.78, 5) is 18.0. The Morgan fingerprint density at radius 1 is 1.00 bits per heavy atom. The second-order valence-corrected chi connectivity index (χ2v) is 10.3. The molecule has 2 heterocycles. The SMILES string of the molecule is O=C(N1CCCCCC1)N(CC1CCNCC1)NS(=O)(=O)c1ccc2ccccc2c1. The molecule has 2 aliphatic heterocycles. The van der Waals surface area contributed by atoms with Crippen LogP contribution < -0.4 is 10.1 Å². The van der Waals surface area contributed by atoms with Crippen LogP contribution in [0, 0.1) is 5.92 Å². The zero-order valence-electron chi connectivity index (χ0n) is 17.9. The second-order valence-electron chi connectivity index (χ2n) is 8.59. The summed E-state index contributed by atoms with van der Waals surface area (Å²) in [7, 11) is -3.88. The first kappa shape index (κ1) is 22.0. The van der Waals surface area contributed by atoms with Gasteiger partial charge in [0.1, 0.15) is 0 Å². The van der Waals surface area contributed by atoms with Crippen molar-refractivity contribution in [3.05, 3.63) is 42.5 Å². The van der Waals surface area contributed by atoms with Gasteiger partial charge in [-0.3, -0.25) is 0 Å². The third-order valence-corrected chi connectivity index (χ3v) is 7.60. The van der Waals surface area contributed by atoms with Crippen LogP contribution in [0.3, 0.4) is 0 Å². The van der Waals surface area contributed by atoms with E-state index in [9.17, 15) is 13.2 Å². The third kappa shape index (κ3) is 5.56. The maximum Gasteiger partial charge on any atom is 0.335 e. The van der Waals surface area contributed by atoms with Crippen LogP contribution in [0.25, 0.3) is 10.8 Å². The number of hydrazine groups is 1. The van der Waals surface area contributed by atoms with Gasteiger partial charge >= 0.3 is 6.03 Å². The molecule has 2 N–H and O–H groups in total. The molecular formula is C23H32N4O3S. The van der Waals surface area contributed by atoms with Crippen molar-refractivity contribution in [2.75, 3.05) is 32.7 Å². The summed E-state index contributed by atoms with van der Waals surface area (Å²) in [6.07, 6.45) is 6.01. The first-order valence-electron chi connectivity index (χ1n) is 11.3. The fourth-order valence-electron chi connectivity index (χ4n) is 4.44. The summed E-state index contributed by atoms with van der Waals surface area (Å²) in [6.45, 7) is 3.55. The molecule has 2 fully saturated rings. The topological polar surface area (TPSA) is 81.8 Å². The second kappa shape index (κ2) is 9.97. The first-order chi connectivity index (χ1) is 15.0. The molecule has 2 aliphatic rings. The van der Waals surface area contributed by atoms with Crippen molar-refractivity contribution in [1.29, 1.82) is 0 Å². The lowest BCUT2D eigenvalue weighted by molar-refractivity contribution is 0.131. The summed E-state index contributed by atoms with van der Waals surface area (Å²) in [5, 5.41) is 6.52. The Balaban J connectivity index is 1.57. The highest BCUT2D eigenvalue weighted by Gasteiger charge is 2.29. The number of carbonyl (C=O) groups is 1. The zero-order chi connectivity index (χ0) is 21.7. The Labute approximate surface area is 184 Å². The van der Waals surface area contributed by atoms with E-state index in [2.05, 4.69) is 10.1 Å². The first-order valence-corrected chi connectivity index (χ1v) is 12.8. The van der Waals surface area contributed by atoms with Gasteiger partial charge in [-0.2, -0.15) is 0 Å². The van der Waals surface area contributed by atoms with Crippen molar-refractivity contribution < 1.29 is 13.2 Å². The number of hydrogen-bond acceptors (Lipinski definition) is 4. The molecule has 8 heteroatoms. The van der Waals surface area contributed by atoms with Crippen LogP contribution in [0.2, 0.25) is 0 Å². The fourth-order valence-corrected chi connectivity index (χ4v) is 5.52. The number of benzene rings is 2. The van der Waals surface area contributed by atoms with E-state index in [1.807, 2.05) is 24.3 Å². The number of urea groups is 1. The highest BCUT2D eigenvalue weighted by atomic mass is 32.2. The predicted octanol–water partition coefficient (Wildman–Crippen LogP) is 3.33. The van der Waals surface area contributed by atoms with E-state index in [1.165, 1.54) is 5.01 Å². The fraction of sp³-hybridized carbons (Fsp3) is 0.522. The van der Waals surface area contributed by atoms with E-state index in [0.29, 0.717) is 19.6 Å². The summed E-state index contributed by atoms with van der Waals surface area (Å²) in [6, 6.07) is 12.5. The average Bonchev–Trinajstić information content (AvgIpc) is 3.08. The lowest BCUT2D eigenvalue weighted by Gasteiger charge is -2.33. The van der Waals surface area contributed by atoms with E-state index >= 15 is 0 Å². The van der Waals surface area contributed by atoms with Crippen LogP contribution in [0.1, 0.15) is 38.5 Å². The van der Waals surface area contributed by atoms with Crippen LogP contribution in [0.4, 0.5) is 4.79 Å². The van der Waals surface area contributed by atoms with Gasteiger partial charge in [-0.25, -0.2) is 18.2 Å². The van der Waals surface area contributed by atoms with Gasteiger partial charge in [-0.05, 0) is 67.6 Å². The molecule has 0 aliphatic carbocycles. The van der Waals surface area contributed by atoms with Crippen molar-refractivity contribution >= 4 is 26.8 Å². The highest BCUT2D eigenvalue weighted by molar-refractivity contribution is 7.89. The number of hydrogen-bond donors (Lipinski definition) is 2. The van der Waals surface area contributed by atoms with E-state index in [1.54, 1.807) is 23.1 Å². The summed E-state index contributed by atoms with van der Waals surface area (Å²) >= 11 is 0. The molecule has 2 aromatic rings. The van der Waals surface area contributed by atoms with Gasteiger partial charge in [-0.1, -0.05) is 43.2 Å². The molecular weight excluding hydrogens is 412 g/mol. The predicted molar refractivity (Wildman–Crippen MR) is 122 cm³/mol. The minimum absolute atomic E-state index is 0.171. The summed E-state index contributed by atoms with van der Waals surface area (Å²) in [5.41, 5.74) is 0. The van der Waals surface area contributed by atoms with Gasteiger partial charge in [-0.15, -0.1) is 4.83 Å². The van der Waals surface area contributed by atoms with E-state index < -0.39 is 10.0 Å². The van der Waals surface area contributed by atoms with Crippen LogP contribution in [-0.2, 0) is 10.0 Å². The van der Waals surface area contributed by atoms with Gasteiger partial charge < -0.3 is 10.2 Å². The number of piperidine rings is 1. The minimum Gasteiger partial charge on any atom is -0.324 e. The van der Waals surface area contributed by atoms with Crippen molar-refractivity contribution in [3.8, 4) is 0 Å². The van der Waals surface area contributed by atoms with Crippen LogP contribution in [0.5, 0.6) is 0 Å². The zero-order valence-corrected chi connectivity index (χ0v) is 18.7. The van der Waals surface area contributed by atoms with Crippen molar-refractivity contribution in [2.24, 2.45) is 5.92 Å². The standard InChI is InChI=1S/C23H32N4O3S/c28-23(26-15-5-1-2-6-16-26)27(18-19-11-13-24-14-12-19)25-31(29,30)22-10-9-20-7-3-4-8-21(20)17-22/h3-4,7-10,17,19,24-25H,1-2,5-6,11-16,18H2. The number of rotatable bonds is 5. The van der Waals surface area contributed by atoms with Gasteiger partial charge in [0.05, 0.1) is 4.90 Å². The maximum absolute atomic E-state index is 13.4. The lowest BCUT2D eigenvalue weighted by Crippen LogP contribution is -2.54. The molecule has 2 aromatic carbocycles. The van der Waals surface area contributed by atoms with E-state index in [0.717, 1.165) is 62.4 Å². The molecule has 168 valence electrons. The molecule has 0 atom stereocenters. The number of nitrogens with zero attached hydrogens (tertiary/aromatic N) is 2. The van der Waals surface area contributed by atoms with Gasteiger partial charge in [0.2, 0.25) is 0 Å². The van der Waals surface area contributed by atoms with Crippen LogP contribution in [0.15, 0.2) is 47.4 Å². The number of nitrogens with one attached hydrogen (secondary N) is 2. The Morgan fingerprint density at radius 2 is 1.68 bits per heavy atom. The van der Waals surface area contributed by atoms with Gasteiger partial charge in [0.25, 0.3) is 10.0 Å². The third-order valence-electron chi connectivity index (χ3n) is 6.27. The smallest absolute Gasteiger partial charge is 0.324 e. The van der Waals surface area contributed by atoms with Crippen molar-refractivity contribution in [1.82, 2.24) is 20.1 Å². The molecule has 0 aromatic heterocycles. The lowest BCUT2D eigenvalue weighted by atomic mass is 9.98. The summed E-state index contributed by atoms with van der Waals surface area (Å²) < 4.78 is 26.5. The monoisotopic (exact) mass is 444 g/mol. The normalized spacial score (nSPS) is 18.6. The molecule has 0 unspecified atom stereocenters. The maximum atomic E-state index is 13.4. The average molecular weight is 445 g/mol. The number of sulfonamides is 1. The quantitative estimate of drug-likeness (QED) is 0.693. The molecule has 0 radical (unpaired) electrons. The molecule has 0 bridgehead atoms. The Bertz CT molecular complexity index is 997. The Hall–Kier alpha value is -2.16. The molecule has 2 saturated heterocycles. The largest absolute Gasteiger partial charge is 0.335 e. The molecule has 0 spiro atoms. The Kier molecular flexibility index (Phi) is 7.09. The number of likely N-dealkylation sites (tertiary alicyclic amines) is 1. The number of fused-ring (bicyclic) bond motifs is 1. The van der Waals surface area contributed by atoms with Crippen LogP contribution >= 0.6 is 0 Å². The van der Waals surface area contributed by atoms with Gasteiger partial charge in [0, 0.05) is 19.6 Å². The molecule has 7 nitrogen and oxygen atoms in total. The summed E-state index contributed by atoms with van der Waals surface area (Å²) in [5.74, 6) is 0.275. The highest BCUT2D eigenvalue weighted by Crippen LogP contribution is 2.21. The van der Waals surface area contributed by atoms with E-state index in [4.69, 9.17) is 0 Å². The molecule has 2 amide bonds. The number of carbonyl (C=O) groups excluding carboxylic acids is 1. The Morgan fingerprint density at radius 3 is 2.39 bits per heavy atom. The molecule has 0 saturated carbocycles.